The van der Waals surface area contributed by atoms with Gasteiger partial charge >= 0.3 is 0 Å². The number of benzene rings is 1. The van der Waals surface area contributed by atoms with Crippen LogP contribution in [0.5, 0.6) is 0 Å². The minimum absolute atomic E-state index is 0.0591. The molecule has 1 unspecified atom stereocenters. The largest absolute Gasteiger partial charge is 0.343 e. The second kappa shape index (κ2) is 7.91. The van der Waals surface area contributed by atoms with Crippen LogP contribution in [0.25, 0.3) is 0 Å². The fourth-order valence-electron chi connectivity index (χ4n) is 4.65. The van der Waals surface area contributed by atoms with Crippen molar-refractivity contribution in [2.75, 3.05) is 6.54 Å². The van der Waals surface area contributed by atoms with E-state index in [9.17, 15) is 18.0 Å². The predicted molar refractivity (Wildman–Crippen MR) is 110 cm³/mol. The first-order chi connectivity index (χ1) is 13.8. The molecule has 0 radical (unpaired) electrons. The van der Waals surface area contributed by atoms with Gasteiger partial charge in [0.25, 0.3) is 0 Å². The Labute approximate surface area is 176 Å². The molecule has 2 saturated carbocycles. The second-order valence-electron chi connectivity index (χ2n) is 8.44. The number of nitrogens with zero attached hydrogens (tertiary/aromatic N) is 1. The van der Waals surface area contributed by atoms with Crippen LogP contribution >= 0.6 is 11.6 Å². The molecule has 1 atom stereocenters. The van der Waals surface area contributed by atoms with Crippen LogP contribution in [0.1, 0.15) is 57.8 Å². The highest BCUT2D eigenvalue weighted by Crippen LogP contribution is 2.47. The van der Waals surface area contributed by atoms with Gasteiger partial charge in [0.15, 0.2) is 14.6 Å². The van der Waals surface area contributed by atoms with Crippen molar-refractivity contribution in [1.82, 2.24) is 10.2 Å². The number of likely N-dealkylation sites (tertiary alicyclic amines) is 1. The van der Waals surface area contributed by atoms with E-state index in [1.54, 1.807) is 0 Å². The number of halogens is 1. The SMILES string of the molecule is O=C1C(NC(=O)C2(S(=O)(=O)c3ccc(Cl)cc3)CC2)CCCN1C1CCCCC1. The van der Waals surface area contributed by atoms with Gasteiger partial charge in [0.05, 0.1) is 4.90 Å². The summed E-state index contributed by atoms with van der Waals surface area (Å²) in [5.74, 6) is -0.604. The van der Waals surface area contributed by atoms with Gasteiger partial charge in [-0.05, 0) is 62.8 Å². The molecule has 0 spiro atoms. The maximum Gasteiger partial charge on any atom is 0.245 e. The van der Waals surface area contributed by atoms with Crippen LogP contribution in [0, 0.1) is 0 Å². The minimum Gasteiger partial charge on any atom is -0.343 e. The molecule has 1 aliphatic heterocycles. The summed E-state index contributed by atoms with van der Waals surface area (Å²) in [4.78, 5) is 28.0. The van der Waals surface area contributed by atoms with Gasteiger partial charge in [-0.2, -0.15) is 0 Å². The lowest BCUT2D eigenvalue weighted by molar-refractivity contribution is -0.141. The fourth-order valence-corrected chi connectivity index (χ4v) is 6.66. The van der Waals surface area contributed by atoms with Crippen molar-refractivity contribution in [1.29, 1.82) is 0 Å². The summed E-state index contributed by atoms with van der Waals surface area (Å²) in [7, 11) is -3.84. The summed E-state index contributed by atoms with van der Waals surface area (Å²) in [6.07, 6.45) is 7.44. The zero-order valence-electron chi connectivity index (χ0n) is 16.4. The predicted octanol–water partition coefficient (Wildman–Crippen LogP) is 3.09. The van der Waals surface area contributed by atoms with E-state index in [1.807, 2.05) is 4.90 Å². The van der Waals surface area contributed by atoms with E-state index in [4.69, 9.17) is 11.6 Å². The third-order valence-corrected chi connectivity index (χ3v) is 9.32. The van der Waals surface area contributed by atoms with Crippen LogP contribution in [-0.4, -0.2) is 48.5 Å². The normalized spacial score (nSPS) is 24.9. The van der Waals surface area contributed by atoms with Crippen molar-refractivity contribution in [3.05, 3.63) is 29.3 Å². The van der Waals surface area contributed by atoms with E-state index in [-0.39, 0.29) is 29.7 Å². The number of piperidine rings is 1. The smallest absolute Gasteiger partial charge is 0.245 e. The van der Waals surface area contributed by atoms with Gasteiger partial charge in [-0.25, -0.2) is 8.42 Å². The lowest BCUT2D eigenvalue weighted by Crippen LogP contribution is -2.57. The molecule has 3 aliphatic rings. The second-order valence-corrected chi connectivity index (χ2v) is 11.1. The maximum absolute atomic E-state index is 13.1. The monoisotopic (exact) mass is 438 g/mol. The Morgan fingerprint density at radius 1 is 1.03 bits per heavy atom. The number of nitrogens with one attached hydrogen (secondary N) is 1. The van der Waals surface area contributed by atoms with Gasteiger partial charge in [0.2, 0.25) is 11.8 Å². The molecule has 29 heavy (non-hydrogen) atoms. The number of carbonyl (C=O) groups is 2. The molecule has 4 rings (SSSR count). The average Bonchev–Trinajstić information content (AvgIpc) is 3.53. The molecule has 2 aliphatic carbocycles. The van der Waals surface area contributed by atoms with Crippen LogP contribution in [0.4, 0.5) is 0 Å². The highest BCUT2D eigenvalue weighted by Gasteiger charge is 2.61. The molecule has 1 saturated heterocycles. The van der Waals surface area contributed by atoms with Crippen LogP contribution < -0.4 is 5.32 Å². The van der Waals surface area contributed by atoms with Gasteiger partial charge < -0.3 is 10.2 Å². The molecular weight excluding hydrogens is 412 g/mol. The van der Waals surface area contributed by atoms with Gasteiger partial charge in [0.1, 0.15) is 6.04 Å². The van der Waals surface area contributed by atoms with Crippen LogP contribution in [0.3, 0.4) is 0 Å². The third-order valence-electron chi connectivity index (χ3n) is 6.55. The fraction of sp³-hybridized carbons (Fsp3) is 0.619. The van der Waals surface area contributed by atoms with Crippen LogP contribution in [-0.2, 0) is 19.4 Å². The lowest BCUT2D eigenvalue weighted by atomic mass is 9.91. The molecule has 1 N–H and O–H groups in total. The van der Waals surface area contributed by atoms with Gasteiger partial charge in [-0.3, -0.25) is 9.59 Å². The van der Waals surface area contributed by atoms with Crippen molar-refractivity contribution in [3.8, 4) is 0 Å². The van der Waals surface area contributed by atoms with E-state index in [0.29, 0.717) is 11.4 Å². The molecule has 0 bridgehead atoms. The first-order valence-corrected chi connectivity index (χ1v) is 12.3. The minimum atomic E-state index is -3.84. The summed E-state index contributed by atoms with van der Waals surface area (Å²) in [5.41, 5.74) is 0. The molecule has 1 aromatic carbocycles. The Kier molecular flexibility index (Phi) is 5.64. The first-order valence-electron chi connectivity index (χ1n) is 10.5. The molecule has 6 nitrogen and oxygen atoms in total. The molecule has 1 heterocycles. The summed E-state index contributed by atoms with van der Waals surface area (Å²) in [5, 5.41) is 3.23. The van der Waals surface area contributed by atoms with Crippen LogP contribution in [0.15, 0.2) is 29.2 Å². The summed E-state index contributed by atoms with van der Waals surface area (Å²) < 4.78 is 24.7. The molecule has 1 aromatic rings. The van der Waals surface area contributed by atoms with Gasteiger partial charge in [-0.1, -0.05) is 30.9 Å². The average molecular weight is 439 g/mol. The molecule has 3 fully saturated rings. The Bertz CT molecular complexity index is 890. The number of hydrogen-bond acceptors (Lipinski definition) is 4. The Balaban J connectivity index is 1.48. The van der Waals surface area contributed by atoms with Crippen molar-refractivity contribution in [3.63, 3.8) is 0 Å². The van der Waals surface area contributed by atoms with E-state index < -0.39 is 26.5 Å². The molecule has 2 amide bonds. The Morgan fingerprint density at radius 3 is 2.31 bits per heavy atom. The quantitative estimate of drug-likeness (QED) is 0.765. The van der Waals surface area contributed by atoms with Gasteiger partial charge in [-0.15, -0.1) is 0 Å². The summed E-state index contributed by atoms with van der Waals surface area (Å²) in [6, 6.07) is 5.51. The highest BCUT2D eigenvalue weighted by atomic mass is 35.5. The summed E-state index contributed by atoms with van der Waals surface area (Å²) in [6.45, 7) is 0.726. The molecule has 8 heteroatoms. The summed E-state index contributed by atoms with van der Waals surface area (Å²) >= 11 is 5.86. The standard InChI is InChI=1S/C21H27ClN2O4S/c22-15-8-10-17(11-9-15)29(27,28)21(12-13-21)20(26)23-18-7-4-14-24(19(18)25)16-5-2-1-3-6-16/h8-11,16,18H,1-7,12-14H2,(H,23,26). The number of amides is 2. The van der Waals surface area contributed by atoms with E-state index in [1.165, 1.54) is 30.7 Å². The van der Waals surface area contributed by atoms with Crippen molar-refractivity contribution < 1.29 is 18.0 Å². The number of rotatable bonds is 5. The van der Waals surface area contributed by atoms with E-state index >= 15 is 0 Å². The number of sulfone groups is 1. The van der Waals surface area contributed by atoms with Crippen LogP contribution in [0.2, 0.25) is 5.02 Å². The van der Waals surface area contributed by atoms with Crippen molar-refractivity contribution in [2.45, 2.75) is 79.5 Å². The molecule has 0 aromatic heterocycles. The van der Waals surface area contributed by atoms with E-state index in [2.05, 4.69) is 5.32 Å². The highest BCUT2D eigenvalue weighted by molar-refractivity contribution is 7.94. The Hall–Kier alpha value is -1.60. The molecule has 158 valence electrons. The zero-order valence-corrected chi connectivity index (χ0v) is 18.0. The third kappa shape index (κ3) is 3.79. The van der Waals surface area contributed by atoms with Gasteiger partial charge in [0, 0.05) is 17.6 Å². The molecular formula is C21H27ClN2O4S. The maximum atomic E-state index is 13.1. The first kappa shape index (κ1) is 20.7. The van der Waals surface area contributed by atoms with Crippen molar-refractivity contribution in [2.24, 2.45) is 0 Å². The zero-order chi connectivity index (χ0) is 20.6. The number of carbonyl (C=O) groups excluding carboxylic acids is 2. The number of hydrogen-bond donors (Lipinski definition) is 1. The van der Waals surface area contributed by atoms with E-state index in [0.717, 1.165) is 38.6 Å². The Morgan fingerprint density at radius 2 is 1.69 bits per heavy atom. The topological polar surface area (TPSA) is 83.5 Å². The van der Waals surface area contributed by atoms with Crippen molar-refractivity contribution >= 4 is 33.3 Å². The lowest BCUT2D eigenvalue weighted by Gasteiger charge is -2.40.